The number of amides is 1. The van der Waals surface area contributed by atoms with Gasteiger partial charge in [0.1, 0.15) is 11.9 Å². The van der Waals surface area contributed by atoms with Crippen molar-refractivity contribution in [2.75, 3.05) is 7.11 Å². The molecule has 8 nitrogen and oxygen atoms in total. The Hall–Kier alpha value is -3.81. The average Bonchev–Trinajstić information content (AvgIpc) is 3.30. The van der Waals surface area contributed by atoms with E-state index in [2.05, 4.69) is 10.3 Å². The summed E-state index contributed by atoms with van der Waals surface area (Å²) >= 11 is 0. The summed E-state index contributed by atoms with van der Waals surface area (Å²) in [6.07, 6.45) is 3.95. The van der Waals surface area contributed by atoms with Crippen molar-refractivity contribution in [1.29, 1.82) is 0 Å². The normalized spacial score (nSPS) is 13.7. The zero-order valence-corrected chi connectivity index (χ0v) is 18.3. The van der Waals surface area contributed by atoms with Gasteiger partial charge >= 0.3 is 12.1 Å². The SMILES string of the molecule is COc1cc(C(=O)O)ccc1Cc1cc(=O)c2ccc(CNC(=O)OC3CCCC3)cc2[nH]1. The van der Waals surface area contributed by atoms with Crippen LogP contribution in [0.25, 0.3) is 10.9 Å². The van der Waals surface area contributed by atoms with E-state index in [4.69, 9.17) is 9.47 Å². The number of nitrogens with one attached hydrogen (secondary N) is 2. The number of aromatic amines is 1. The third kappa shape index (κ3) is 5.34. The Bertz CT molecular complexity index is 1240. The molecule has 1 aliphatic carbocycles. The Balaban J connectivity index is 1.51. The monoisotopic (exact) mass is 450 g/mol. The number of rotatable bonds is 7. The van der Waals surface area contributed by atoms with Crippen molar-refractivity contribution >= 4 is 23.0 Å². The van der Waals surface area contributed by atoms with Gasteiger partial charge in [-0.3, -0.25) is 4.79 Å². The fourth-order valence-corrected chi connectivity index (χ4v) is 4.16. The van der Waals surface area contributed by atoms with Crippen LogP contribution in [-0.2, 0) is 17.7 Å². The van der Waals surface area contributed by atoms with Gasteiger partial charge in [-0.25, -0.2) is 9.59 Å². The number of ether oxygens (including phenoxy) is 2. The number of carbonyl (C=O) groups excluding carboxylic acids is 1. The zero-order valence-electron chi connectivity index (χ0n) is 18.3. The van der Waals surface area contributed by atoms with E-state index in [1.165, 1.54) is 25.3 Å². The molecule has 1 aliphatic rings. The van der Waals surface area contributed by atoms with E-state index in [1.54, 1.807) is 18.2 Å². The fraction of sp³-hybridized carbons (Fsp3) is 0.320. The lowest BCUT2D eigenvalue weighted by Gasteiger charge is -2.13. The van der Waals surface area contributed by atoms with E-state index in [9.17, 15) is 19.5 Å². The number of alkyl carbamates (subject to hydrolysis) is 1. The number of carboxylic acid groups (broad SMARTS) is 1. The molecule has 0 bridgehead atoms. The first-order valence-corrected chi connectivity index (χ1v) is 10.9. The van der Waals surface area contributed by atoms with Crippen molar-refractivity contribution in [1.82, 2.24) is 10.3 Å². The van der Waals surface area contributed by atoms with Crippen LogP contribution in [-0.4, -0.2) is 35.4 Å². The Kier molecular flexibility index (Phi) is 6.63. The maximum absolute atomic E-state index is 12.6. The molecule has 3 aromatic rings. The van der Waals surface area contributed by atoms with Gasteiger partial charge in [-0.1, -0.05) is 12.1 Å². The molecule has 172 valence electrons. The summed E-state index contributed by atoms with van der Waals surface area (Å²) < 4.78 is 10.8. The first kappa shape index (κ1) is 22.4. The molecule has 0 aliphatic heterocycles. The number of fused-ring (bicyclic) bond motifs is 1. The van der Waals surface area contributed by atoms with E-state index < -0.39 is 12.1 Å². The van der Waals surface area contributed by atoms with Crippen LogP contribution in [0.1, 0.15) is 52.9 Å². The lowest BCUT2D eigenvalue weighted by Crippen LogP contribution is -2.27. The zero-order chi connectivity index (χ0) is 23.4. The Morgan fingerprint density at radius 2 is 1.91 bits per heavy atom. The van der Waals surface area contributed by atoms with E-state index in [1.807, 2.05) is 6.07 Å². The van der Waals surface area contributed by atoms with Crippen molar-refractivity contribution in [2.24, 2.45) is 0 Å². The number of pyridine rings is 1. The van der Waals surface area contributed by atoms with Crippen LogP contribution in [0.15, 0.2) is 47.3 Å². The number of aromatic nitrogens is 1. The highest BCUT2D eigenvalue weighted by Gasteiger charge is 2.19. The second-order valence-electron chi connectivity index (χ2n) is 8.21. The van der Waals surface area contributed by atoms with Crippen molar-refractivity contribution in [3.63, 3.8) is 0 Å². The second-order valence-corrected chi connectivity index (χ2v) is 8.21. The molecule has 33 heavy (non-hydrogen) atoms. The summed E-state index contributed by atoms with van der Waals surface area (Å²) in [6, 6.07) is 11.6. The van der Waals surface area contributed by atoms with Crippen LogP contribution < -0.4 is 15.5 Å². The molecule has 2 aromatic carbocycles. The van der Waals surface area contributed by atoms with Crippen LogP contribution >= 0.6 is 0 Å². The van der Waals surface area contributed by atoms with Gasteiger partial charge in [-0.2, -0.15) is 0 Å². The lowest BCUT2D eigenvalue weighted by molar-refractivity contribution is 0.0696. The third-order valence-corrected chi connectivity index (χ3v) is 5.88. The number of hydrogen-bond acceptors (Lipinski definition) is 5. The third-order valence-electron chi connectivity index (χ3n) is 5.88. The van der Waals surface area contributed by atoms with Gasteiger partial charge in [0.2, 0.25) is 0 Å². The van der Waals surface area contributed by atoms with Gasteiger partial charge < -0.3 is 24.9 Å². The lowest BCUT2D eigenvalue weighted by atomic mass is 10.0. The molecule has 0 atom stereocenters. The molecule has 3 N–H and O–H groups in total. The Labute approximate surface area is 190 Å². The van der Waals surface area contributed by atoms with Gasteiger partial charge in [0.05, 0.1) is 12.7 Å². The van der Waals surface area contributed by atoms with Crippen LogP contribution in [0.3, 0.4) is 0 Å². The van der Waals surface area contributed by atoms with Gasteiger partial charge in [-0.05, 0) is 55.5 Å². The van der Waals surface area contributed by atoms with Crippen LogP contribution in [0.2, 0.25) is 0 Å². The molecule has 1 saturated carbocycles. The number of H-pyrrole nitrogens is 1. The molecular formula is C25H26N2O6. The van der Waals surface area contributed by atoms with Crippen molar-refractivity contribution < 1.29 is 24.2 Å². The highest BCUT2D eigenvalue weighted by molar-refractivity contribution is 5.88. The first-order chi connectivity index (χ1) is 15.9. The van der Waals surface area contributed by atoms with Crippen LogP contribution in [0.5, 0.6) is 5.75 Å². The predicted octanol–water partition coefficient (Wildman–Crippen LogP) is 3.99. The second kappa shape index (κ2) is 9.77. The molecule has 0 saturated heterocycles. The number of aromatic carboxylic acids is 1. The van der Waals surface area contributed by atoms with Gasteiger partial charge in [0.15, 0.2) is 5.43 Å². The number of methoxy groups -OCH3 is 1. The molecule has 1 amide bonds. The summed E-state index contributed by atoms with van der Waals surface area (Å²) in [4.78, 5) is 39.2. The van der Waals surface area contributed by atoms with Crippen molar-refractivity contribution in [2.45, 2.75) is 44.8 Å². The molecular weight excluding hydrogens is 424 g/mol. The smallest absolute Gasteiger partial charge is 0.407 e. The standard InChI is InChI=1S/C25H26N2O6/c1-32-23-12-17(24(29)30)8-7-16(23)11-18-13-22(28)20-9-6-15(10-21(20)27-18)14-26-25(31)33-19-4-2-3-5-19/h6-10,12-13,19H,2-5,11,14H2,1H3,(H,26,31)(H,27,28)(H,29,30). The summed E-state index contributed by atoms with van der Waals surface area (Å²) in [7, 11) is 1.48. The minimum Gasteiger partial charge on any atom is -0.496 e. The first-order valence-electron chi connectivity index (χ1n) is 10.9. The van der Waals surface area contributed by atoms with E-state index in [0.717, 1.165) is 36.8 Å². The number of benzene rings is 2. The van der Waals surface area contributed by atoms with Crippen LogP contribution in [0, 0.1) is 0 Å². The maximum Gasteiger partial charge on any atom is 0.407 e. The van der Waals surface area contributed by atoms with E-state index in [-0.39, 0.29) is 23.6 Å². The Morgan fingerprint density at radius 1 is 1.12 bits per heavy atom. The molecule has 0 unspecified atom stereocenters. The Morgan fingerprint density at radius 3 is 2.64 bits per heavy atom. The summed E-state index contributed by atoms with van der Waals surface area (Å²) in [5, 5.41) is 12.5. The van der Waals surface area contributed by atoms with Crippen molar-refractivity contribution in [3.05, 3.63) is 75.1 Å². The molecule has 8 heteroatoms. The van der Waals surface area contributed by atoms with Crippen LogP contribution in [0.4, 0.5) is 4.79 Å². The molecule has 1 aromatic heterocycles. The summed E-state index contributed by atoms with van der Waals surface area (Å²) in [5.74, 6) is -0.596. The van der Waals surface area contributed by atoms with Gasteiger partial charge in [0.25, 0.3) is 0 Å². The molecule has 0 radical (unpaired) electrons. The summed E-state index contributed by atoms with van der Waals surface area (Å²) in [5.41, 5.74) is 2.92. The van der Waals surface area contributed by atoms with E-state index in [0.29, 0.717) is 28.8 Å². The number of carboxylic acids is 1. The topological polar surface area (TPSA) is 118 Å². The van der Waals surface area contributed by atoms with Crippen molar-refractivity contribution in [3.8, 4) is 5.75 Å². The molecule has 1 heterocycles. The molecule has 4 rings (SSSR count). The highest BCUT2D eigenvalue weighted by atomic mass is 16.6. The number of hydrogen-bond donors (Lipinski definition) is 3. The predicted molar refractivity (Wildman–Crippen MR) is 123 cm³/mol. The maximum atomic E-state index is 12.6. The average molecular weight is 450 g/mol. The minimum absolute atomic E-state index is 0.00192. The summed E-state index contributed by atoms with van der Waals surface area (Å²) in [6.45, 7) is 0.290. The van der Waals surface area contributed by atoms with Gasteiger partial charge in [0, 0.05) is 41.2 Å². The fourth-order valence-electron chi connectivity index (χ4n) is 4.16. The quantitative estimate of drug-likeness (QED) is 0.501. The molecule has 1 fully saturated rings. The van der Waals surface area contributed by atoms with Gasteiger partial charge in [-0.15, -0.1) is 0 Å². The number of carbonyl (C=O) groups is 2. The van der Waals surface area contributed by atoms with E-state index >= 15 is 0 Å². The minimum atomic E-state index is -1.03. The molecule has 0 spiro atoms. The largest absolute Gasteiger partial charge is 0.496 e. The highest BCUT2D eigenvalue weighted by Crippen LogP contribution is 2.24.